The lowest BCUT2D eigenvalue weighted by Gasteiger charge is -2.19. The van der Waals surface area contributed by atoms with Crippen molar-refractivity contribution in [3.8, 4) is 0 Å². The average Bonchev–Trinajstić information content (AvgIpc) is 2.30. The van der Waals surface area contributed by atoms with E-state index in [-0.39, 0.29) is 11.9 Å². The first-order valence-corrected chi connectivity index (χ1v) is 5.67. The summed E-state index contributed by atoms with van der Waals surface area (Å²) in [6.45, 7) is 6.75. The number of amides is 1. The van der Waals surface area contributed by atoms with E-state index in [2.05, 4.69) is 15.4 Å². The molecule has 2 atom stereocenters. The first-order valence-electron chi connectivity index (χ1n) is 5.67. The van der Waals surface area contributed by atoms with E-state index in [0.717, 1.165) is 0 Å². The van der Waals surface area contributed by atoms with E-state index in [1.54, 1.807) is 0 Å². The summed E-state index contributed by atoms with van der Waals surface area (Å²) in [6, 6.07) is -0.558. The molecule has 0 aromatic carbocycles. The fourth-order valence-electron chi connectivity index (χ4n) is 1.25. The molecule has 1 amide bonds. The summed E-state index contributed by atoms with van der Waals surface area (Å²) in [4.78, 5) is 22.3. The first-order chi connectivity index (χ1) is 8.01. The molecular weight excluding hydrogens is 224 g/mol. The van der Waals surface area contributed by atoms with Crippen molar-refractivity contribution in [3.63, 3.8) is 0 Å². The zero-order valence-electron chi connectivity index (χ0n) is 10.9. The van der Waals surface area contributed by atoms with Gasteiger partial charge in [0.15, 0.2) is 0 Å². The molecule has 0 heterocycles. The largest absolute Gasteiger partial charge is 0.467 e. The molecule has 0 spiro atoms. The van der Waals surface area contributed by atoms with Crippen LogP contribution in [0.5, 0.6) is 0 Å². The Bertz CT molecular complexity index is 246. The normalized spacial score (nSPS) is 13.9. The van der Waals surface area contributed by atoms with Crippen LogP contribution in [0.3, 0.4) is 0 Å². The molecule has 0 fully saturated rings. The molecule has 0 aromatic heterocycles. The Morgan fingerprint density at radius 2 is 2.00 bits per heavy atom. The van der Waals surface area contributed by atoms with Crippen LogP contribution < -0.4 is 10.6 Å². The van der Waals surface area contributed by atoms with Crippen molar-refractivity contribution in [2.75, 3.05) is 26.9 Å². The number of carbonyl (C=O) groups is 2. The van der Waals surface area contributed by atoms with Crippen LogP contribution in [-0.2, 0) is 19.1 Å². The predicted octanol–water partition coefficient (Wildman–Crippen LogP) is -0.321. The van der Waals surface area contributed by atoms with E-state index in [1.165, 1.54) is 14.0 Å². The standard InChI is InChI=1S/C11H22N2O4/c1-5-17-7-8(2)12-6-10(11(15)16-4)13-9(3)14/h8,10,12H,5-7H2,1-4H3,(H,13,14). The number of methoxy groups -OCH3 is 1. The van der Waals surface area contributed by atoms with Gasteiger partial charge in [-0.15, -0.1) is 0 Å². The molecule has 0 aliphatic rings. The van der Waals surface area contributed by atoms with Crippen LogP contribution in [0.15, 0.2) is 0 Å². The molecule has 0 rings (SSSR count). The number of esters is 1. The quantitative estimate of drug-likeness (QED) is 0.574. The molecule has 0 bridgehead atoms. The molecule has 2 N–H and O–H groups in total. The van der Waals surface area contributed by atoms with Gasteiger partial charge < -0.3 is 20.1 Å². The maximum Gasteiger partial charge on any atom is 0.329 e. The van der Waals surface area contributed by atoms with Gasteiger partial charge in [-0.1, -0.05) is 0 Å². The van der Waals surface area contributed by atoms with Gasteiger partial charge in [0, 0.05) is 26.1 Å². The highest BCUT2D eigenvalue weighted by molar-refractivity contribution is 5.83. The summed E-state index contributed by atoms with van der Waals surface area (Å²) >= 11 is 0. The van der Waals surface area contributed by atoms with Crippen molar-refractivity contribution < 1.29 is 19.1 Å². The third-order valence-electron chi connectivity index (χ3n) is 2.11. The molecular formula is C11H22N2O4. The molecule has 0 saturated heterocycles. The van der Waals surface area contributed by atoms with Gasteiger partial charge in [-0.25, -0.2) is 4.79 Å². The summed E-state index contributed by atoms with van der Waals surface area (Å²) in [5.41, 5.74) is 0. The number of hydrogen-bond acceptors (Lipinski definition) is 5. The second-order valence-corrected chi connectivity index (χ2v) is 3.75. The first kappa shape index (κ1) is 15.9. The minimum Gasteiger partial charge on any atom is -0.467 e. The van der Waals surface area contributed by atoms with Gasteiger partial charge in [0.25, 0.3) is 0 Å². The van der Waals surface area contributed by atoms with Crippen LogP contribution in [0, 0.1) is 0 Å². The average molecular weight is 246 g/mol. The Kier molecular flexibility index (Phi) is 8.35. The predicted molar refractivity (Wildman–Crippen MR) is 63.6 cm³/mol. The maximum atomic E-state index is 11.4. The minimum absolute atomic E-state index is 0.107. The van der Waals surface area contributed by atoms with Gasteiger partial charge in [0.1, 0.15) is 6.04 Å². The van der Waals surface area contributed by atoms with Crippen LogP contribution in [0.1, 0.15) is 20.8 Å². The molecule has 6 nitrogen and oxygen atoms in total. The second kappa shape index (κ2) is 8.95. The monoisotopic (exact) mass is 246 g/mol. The number of ether oxygens (including phenoxy) is 2. The zero-order valence-corrected chi connectivity index (χ0v) is 10.9. The number of nitrogens with one attached hydrogen (secondary N) is 2. The van der Waals surface area contributed by atoms with E-state index >= 15 is 0 Å². The van der Waals surface area contributed by atoms with Gasteiger partial charge in [0.05, 0.1) is 13.7 Å². The fraction of sp³-hybridized carbons (Fsp3) is 0.818. The lowest BCUT2D eigenvalue weighted by atomic mass is 10.2. The van der Waals surface area contributed by atoms with Gasteiger partial charge in [0.2, 0.25) is 5.91 Å². The summed E-state index contributed by atoms with van der Waals surface area (Å²) < 4.78 is 9.83. The molecule has 0 aliphatic carbocycles. The van der Waals surface area contributed by atoms with E-state index < -0.39 is 12.0 Å². The van der Waals surface area contributed by atoms with Crippen molar-refractivity contribution in [1.82, 2.24) is 10.6 Å². The van der Waals surface area contributed by atoms with Gasteiger partial charge in [-0.2, -0.15) is 0 Å². The smallest absolute Gasteiger partial charge is 0.329 e. The third-order valence-corrected chi connectivity index (χ3v) is 2.11. The summed E-state index contributed by atoms with van der Waals surface area (Å²) in [5, 5.41) is 5.62. The molecule has 100 valence electrons. The van der Waals surface area contributed by atoms with E-state index in [9.17, 15) is 9.59 Å². The molecule has 0 radical (unpaired) electrons. The Balaban J connectivity index is 4.06. The van der Waals surface area contributed by atoms with Gasteiger partial charge in [-0.05, 0) is 13.8 Å². The molecule has 17 heavy (non-hydrogen) atoms. The Hall–Kier alpha value is -1.14. The van der Waals surface area contributed by atoms with Crippen molar-refractivity contribution >= 4 is 11.9 Å². The number of hydrogen-bond donors (Lipinski definition) is 2. The van der Waals surface area contributed by atoms with Crippen molar-refractivity contribution in [2.24, 2.45) is 0 Å². The lowest BCUT2D eigenvalue weighted by molar-refractivity contribution is -0.144. The van der Waals surface area contributed by atoms with Gasteiger partial charge in [-0.3, -0.25) is 4.79 Å². The third kappa shape index (κ3) is 7.70. The molecule has 0 aliphatic heterocycles. The Morgan fingerprint density at radius 3 is 2.47 bits per heavy atom. The summed E-state index contributed by atoms with van der Waals surface area (Å²) in [7, 11) is 1.29. The highest BCUT2D eigenvalue weighted by atomic mass is 16.5. The van der Waals surface area contributed by atoms with Crippen molar-refractivity contribution in [1.29, 1.82) is 0 Å². The SMILES string of the molecule is CCOCC(C)NCC(NC(C)=O)C(=O)OC. The van der Waals surface area contributed by atoms with Crippen LogP contribution in [-0.4, -0.2) is 50.8 Å². The Morgan fingerprint density at radius 1 is 1.35 bits per heavy atom. The van der Waals surface area contributed by atoms with E-state index in [0.29, 0.717) is 19.8 Å². The zero-order chi connectivity index (χ0) is 13.3. The highest BCUT2D eigenvalue weighted by Gasteiger charge is 2.20. The van der Waals surface area contributed by atoms with Crippen LogP contribution in [0.4, 0.5) is 0 Å². The molecule has 6 heteroatoms. The molecule has 2 unspecified atom stereocenters. The number of rotatable bonds is 8. The summed E-state index contributed by atoms with van der Waals surface area (Å²) in [5.74, 6) is -0.726. The van der Waals surface area contributed by atoms with Crippen molar-refractivity contribution in [2.45, 2.75) is 32.9 Å². The topological polar surface area (TPSA) is 76.7 Å². The highest BCUT2D eigenvalue weighted by Crippen LogP contribution is 1.90. The van der Waals surface area contributed by atoms with E-state index in [4.69, 9.17) is 4.74 Å². The Labute approximate surface area is 102 Å². The fourth-order valence-corrected chi connectivity index (χ4v) is 1.25. The maximum absolute atomic E-state index is 11.4. The second-order valence-electron chi connectivity index (χ2n) is 3.75. The molecule has 0 saturated carbocycles. The number of carbonyl (C=O) groups excluding carboxylic acids is 2. The van der Waals surface area contributed by atoms with Crippen LogP contribution >= 0.6 is 0 Å². The van der Waals surface area contributed by atoms with Crippen molar-refractivity contribution in [3.05, 3.63) is 0 Å². The minimum atomic E-state index is -0.665. The van der Waals surface area contributed by atoms with Crippen LogP contribution in [0.25, 0.3) is 0 Å². The lowest BCUT2D eigenvalue weighted by Crippen LogP contribution is -2.49. The van der Waals surface area contributed by atoms with E-state index in [1.807, 2.05) is 13.8 Å². The van der Waals surface area contributed by atoms with Crippen LogP contribution in [0.2, 0.25) is 0 Å². The molecule has 0 aromatic rings. The van der Waals surface area contributed by atoms with Gasteiger partial charge >= 0.3 is 5.97 Å². The summed E-state index contributed by atoms with van der Waals surface area (Å²) in [6.07, 6.45) is 0.